The summed E-state index contributed by atoms with van der Waals surface area (Å²) in [4.78, 5) is 11.3. The van der Waals surface area contributed by atoms with Crippen LogP contribution in [0, 0.1) is 11.8 Å². The van der Waals surface area contributed by atoms with E-state index >= 15 is 0 Å². The number of hydrogen-bond acceptors (Lipinski definition) is 4. The molecule has 0 aromatic carbocycles. The van der Waals surface area contributed by atoms with E-state index in [0.717, 1.165) is 11.7 Å². The van der Waals surface area contributed by atoms with E-state index in [1.165, 1.54) is 32.6 Å². The van der Waals surface area contributed by atoms with E-state index in [2.05, 4.69) is 23.9 Å². The quantitative estimate of drug-likeness (QED) is 0.850. The van der Waals surface area contributed by atoms with Crippen LogP contribution in [0.5, 0.6) is 0 Å². The molecule has 0 spiro atoms. The average molecular weight is 265 g/mol. The van der Waals surface area contributed by atoms with Gasteiger partial charge in [-0.1, -0.05) is 13.8 Å². The molecule has 0 aliphatic heterocycles. The smallest absolute Gasteiger partial charge is 0.341 e. The first-order chi connectivity index (χ1) is 9.10. The lowest BCUT2D eigenvalue weighted by Crippen LogP contribution is -2.38. The molecule has 1 aromatic rings. The van der Waals surface area contributed by atoms with Crippen molar-refractivity contribution in [2.24, 2.45) is 11.8 Å². The Morgan fingerprint density at radius 1 is 1.47 bits per heavy atom. The molecule has 1 heterocycles. The molecule has 106 valence electrons. The van der Waals surface area contributed by atoms with Crippen LogP contribution in [0.4, 0.5) is 0 Å². The molecule has 0 amide bonds. The predicted octanol–water partition coefficient (Wildman–Crippen LogP) is 2.98. The Balaban J connectivity index is 1.85. The normalized spacial score (nSPS) is 27.2. The minimum absolute atomic E-state index is 0.352. The largest absolute Gasteiger partial charge is 0.467 e. The number of rotatable bonds is 4. The molecule has 1 aliphatic rings. The predicted molar refractivity (Wildman–Crippen MR) is 72.9 cm³/mol. The maximum absolute atomic E-state index is 11.3. The van der Waals surface area contributed by atoms with Gasteiger partial charge in [-0.05, 0) is 37.2 Å². The minimum Gasteiger partial charge on any atom is -0.467 e. The molecule has 3 atom stereocenters. The summed E-state index contributed by atoms with van der Waals surface area (Å²) in [6, 6.07) is 2.29. The maximum Gasteiger partial charge on any atom is 0.341 e. The molecule has 0 radical (unpaired) electrons. The van der Waals surface area contributed by atoms with Gasteiger partial charge in [0.25, 0.3) is 0 Å². The molecule has 1 aliphatic carbocycles. The van der Waals surface area contributed by atoms with Gasteiger partial charge in [0.1, 0.15) is 12.0 Å². The Labute approximate surface area is 114 Å². The molecule has 3 unspecified atom stereocenters. The van der Waals surface area contributed by atoms with E-state index in [-0.39, 0.29) is 5.97 Å². The standard InChI is InChI=1S/C15H23NO3/c1-10-4-5-14(11(2)6-10)16-8-13-7-12(9-19-13)15(17)18-3/h7,9-11,14,16H,4-6,8H2,1-3H3. The lowest BCUT2D eigenvalue weighted by atomic mass is 9.80. The van der Waals surface area contributed by atoms with Crippen LogP contribution in [0.15, 0.2) is 16.7 Å². The van der Waals surface area contributed by atoms with Crippen LogP contribution in [0.3, 0.4) is 0 Å². The fourth-order valence-corrected chi connectivity index (χ4v) is 2.90. The Hall–Kier alpha value is -1.29. The Morgan fingerprint density at radius 2 is 2.26 bits per heavy atom. The van der Waals surface area contributed by atoms with Crippen molar-refractivity contribution in [3.63, 3.8) is 0 Å². The third-order valence-electron chi connectivity index (χ3n) is 4.04. The number of hydrogen-bond donors (Lipinski definition) is 1. The van der Waals surface area contributed by atoms with Crippen molar-refractivity contribution in [2.45, 2.75) is 45.7 Å². The third-order valence-corrected chi connectivity index (χ3v) is 4.04. The first-order valence-electron chi connectivity index (χ1n) is 6.99. The highest BCUT2D eigenvalue weighted by molar-refractivity contribution is 5.88. The van der Waals surface area contributed by atoms with Crippen molar-refractivity contribution < 1.29 is 13.9 Å². The summed E-state index contributed by atoms with van der Waals surface area (Å²) in [6.07, 6.45) is 5.24. The Bertz CT molecular complexity index is 427. The van der Waals surface area contributed by atoms with Gasteiger partial charge < -0.3 is 14.5 Å². The summed E-state index contributed by atoms with van der Waals surface area (Å²) < 4.78 is 10.0. The number of ether oxygens (including phenoxy) is 1. The summed E-state index contributed by atoms with van der Waals surface area (Å²) in [5, 5.41) is 3.53. The number of nitrogens with one attached hydrogen (secondary N) is 1. The van der Waals surface area contributed by atoms with Crippen molar-refractivity contribution >= 4 is 5.97 Å². The van der Waals surface area contributed by atoms with Crippen molar-refractivity contribution in [3.8, 4) is 0 Å². The summed E-state index contributed by atoms with van der Waals surface area (Å²) in [7, 11) is 1.37. The SMILES string of the molecule is COC(=O)c1coc(CNC2CCC(C)CC2C)c1. The van der Waals surface area contributed by atoms with E-state index < -0.39 is 0 Å². The topological polar surface area (TPSA) is 51.5 Å². The second kappa shape index (κ2) is 6.24. The van der Waals surface area contributed by atoms with Crippen LogP contribution in [0.1, 0.15) is 49.2 Å². The molecule has 0 bridgehead atoms. The summed E-state index contributed by atoms with van der Waals surface area (Å²) in [5.74, 6) is 1.96. The number of methoxy groups -OCH3 is 1. The van der Waals surface area contributed by atoms with Crippen LogP contribution in [-0.2, 0) is 11.3 Å². The van der Waals surface area contributed by atoms with E-state index in [1.54, 1.807) is 6.07 Å². The molecule has 1 N–H and O–H groups in total. The van der Waals surface area contributed by atoms with Crippen LogP contribution < -0.4 is 5.32 Å². The first-order valence-corrected chi connectivity index (χ1v) is 6.99. The fourth-order valence-electron chi connectivity index (χ4n) is 2.90. The zero-order valence-electron chi connectivity index (χ0n) is 11.9. The van der Waals surface area contributed by atoms with Gasteiger partial charge in [-0.15, -0.1) is 0 Å². The molecule has 2 rings (SSSR count). The third kappa shape index (κ3) is 3.60. The Kier molecular flexibility index (Phi) is 4.64. The summed E-state index contributed by atoms with van der Waals surface area (Å²) in [6.45, 7) is 5.29. The zero-order chi connectivity index (χ0) is 13.8. The van der Waals surface area contributed by atoms with Crippen molar-refractivity contribution in [2.75, 3.05) is 7.11 Å². The summed E-state index contributed by atoms with van der Waals surface area (Å²) in [5.41, 5.74) is 0.476. The molecular formula is C15H23NO3. The molecular weight excluding hydrogens is 242 g/mol. The molecule has 4 nitrogen and oxygen atoms in total. The molecule has 0 saturated heterocycles. The van der Waals surface area contributed by atoms with E-state index in [9.17, 15) is 4.79 Å². The zero-order valence-corrected chi connectivity index (χ0v) is 11.9. The van der Waals surface area contributed by atoms with Gasteiger partial charge in [0.2, 0.25) is 0 Å². The highest BCUT2D eigenvalue weighted by Crippen LogP contribution is 2.28. The van der Waals surface area contributed by atoms with Crippen molar-refractivity contribution in [3.05, 3.63) is 23.7 Å². The highest BCUT2D eigenvalue weighted by Gasteiger charge is 2.25. The van der Waals surface area contributed by atoms with Crippen LogP contribution in [-0.4, -0.2) is 19.1 Å². The van der Waals surface area contributed by atoms with Gasteiger partial charge in [-0.25, -0.2) is 4.79 Å². The minimum atomic E-state index is -0.352. The van der Waals surface area contributed by atoms with Gasteiger partial charge >= 0.3 is 5.97 Å². The fraction of sp³-hybridized carbons (Fsp3) is 0.667. The van der Waals surface area contributed by atoms with Crippen molar-refractivity contribution in [1.82, 2.24) is 5.32 Å². The number of esters is 1. The first kappa shape index (κ1) is 14.1. The van der Waals surface area contributed by atoms with Crippen LogP contribution in [0.2, 0.25) is 0 Å². The van der Waals surface area contributed by atoms with E-state index in [1.807, 2.05) is 0 Å². The van der Waals surface area contributed by atoms with Gasteiger partial charge in [-0.2, -0.15) is 0 Å². The highest BCUT2D eigenvalue weighted by atomic mass is 16.5. The molecule has 4 heteroatoms. The average Bonchev–Trinajstić information content (AvgIpc) is 2.85. The Morgan fingerprint density at radius 3 is 2.95 bits per heavy atom. The van der Waals surface area contributed by atoms with Crippen molar-refractivity contribution in [1.29, 1.82) is 0 Å². The number of carbonyl (C=O) groups is 1. The van der Waals surface area contributed by atoms with Gasteiger partial charge in [0, 0.05) is 6.04 Å². The molecule has 1 saturated carbocycles. The van der Waals surface area contributed by atoms with Crippen LogP contribution >= 0.6 is 0 Å². The second-order valence-electron chi connectivity index (χ2n) is 5.68. The van der Waals surface area contributed by atoms with Gasteiger partial charge in [0.05, 0.1) is 19.2 Å². The maximum atomic E-state index is 11.3. The second-order valence-corrected chi connectivity index (χ2v) is 5.68. The molecule has 1 fully saturated rings. The molecule has 1 aromatic heterocycles. The number of carbonyl (C=O) groups excluding carboxylic acids is 1. The van der Waals surface area contributed by atoms with Gasteiger partial charge in [0.15, 0.2) is 0 Å². The molecule has 19 heavy (non-hydrogen) atoms. The van der Waals surface area contributed by atoms with E-state index in [0.29, 0.717) is 24.1 Å². The van der Waals surface area contributed by atoms with E-state index in [4.69, 9.17) is 4.42 Å². The number of furan rings is 1. The lowest BCUT2D eigenvalue weighted by molar-refractivity contribution is 0.0600. The van der Waals surface area contributed by atoms with Crippen LogP contribution in [0.25, 0.3) is 0 Å². The van der Waals surface area contributed by atoms with Gasteiger partial charge in [-0.3, -0.25) is 0 Å². The lowest BCUT2D eigenvalue weighted by Gasteiger charge is -2.33. The monoisotopic (exact) mass is 265 g/mol. The summed E-state index contributed by atoms with van der Waals surface area (Å²) >= 11 is 0.